The molecule has 1 aliphatic rings. The third-order valence-corrected chi connectivity index (χ3v) is 6.87. The highest BCUT2D eigenvalue weighted by Crippen LogP contribution is 2.22. The molecule has 13 nitrogen and oxygen atoms in total. The van der Waals surface area contributed by atoms with E-state index in [9.17, 15) is 34.2 Å². The van der Waals surface area contributed by atoms with Crippen molar-refractivity contribution in [1.29, 1.82) is 0 Å². The summed E-state index contributed by atoms with van der Waals surface area (Å²) in [6.07, 6.45) is -4.40. The van der Waals surface area contributed by atoms with Gasteiger partial charge in [-0.2, -0.15) is 0 Å². The van der Waals surface area contributed by atoms with Crippen LogP contribution in [0.1, 0.15) is 44.7 Å². The number of carbonyl (C=O) groups excluding carboxylic acids is 5. The number of alkyl carbamates (subject to hydrolysis) is 1. The molecule has 1 saturated heterocycles. The quantitative estimate of drug-likeness (QED) is 0.204. The van der Waals surface area contributed by atoms with Crippen LogP contribution in [0.4, 0.5) is 4.79 Å². The summed E-state index contributed by atoms with van der Waals surface area (Å²) in [7, 11) is 0. The van der Waals surface area contributed by atoms with Crippen LogP contribution in [0.15, 0.2) is 60.7 Å². The van der Waals surface area contributed by atoms with E-state index >= 15 is 0 Å². The average molecular weight is 612 g/mol. The maximum absolute atomic E-state index is 13.5. The number of likely N-dealkylation sites (tertiary alicyclic amines) is 1. The minimum atomic E-state index is -1.82. The molecule has 5 atom stereocenters. The van der Waals surface area contributed by atoms with Gasteiger partial charge in [0.05, 0.1) is 24.6 Å². The van der Waals surface area contributed by atoms with Crippen LogP contribution in [0.3, 0.4) is 0 Å². The van der Waals surface area contributed by atoms with Crippen molar-refractivity contribution in [3.05, 3.63) is 71.8 Å². The van der Waals surface area contributed by atoms with Crippen molar-refractivity contribution >= 4 is 29.7 Å². The Labute approximate surface area is 256 Å². The molecule has 0 bridgehead atoms. The van der Waals surface area contributed by atoms with Crippen LogP contribution < -0.4 is 21.7 Å². The predicted molar refractivity (Wildman–Crippen MR) is 159 cm³/mol. The van der Waals surface area contributed by atoms with E-state index in [0.29, 0.717) is 11.1 Å². The molecular formula is C31H41N5O8. The van der Waals surface area contributed by atoms with Crippen LogP contribution in [-0.2, 0) is 36.9 Å². The number of nitrogens with two attached hydrogens (primary N) is 1. The lowest BCUT2D eigenvalue weighted by Gasteiger charge is -2.33. The van der Waals surface area contributed by atoms with Gasteiger partial charge in [0.2, 0.25) is 17.7 Å². The Bertz CT molecular complexity index is 1300. The van der Waals surface area contributed by atoms with Crippen LogP contribution in [0.5, 0.6) is 0 Å². The van der Waals surface area contributed by atoms with Crippen LogP contribution in [0.2, 0.25) is 0 Å². The van der Waals surface area contributed by atoms with Gasteiger partial charge in [-0.05, 0) is 44.7 Å². The lowest BCUT2D eigenvalue weighted by atomic mass is 9.99. The number of hydrogen-bond acceptors (Lipinski definition) is 9. The molecule has 3 rings (SSSR count). The molecule has 1 aliphatic heterocycles. The molecule has 0 aliphatic carbocycles. The molecule has 238 valence electrons. The third-order valence-electron chi connectivity index (χ3n) is 6.87. The minimum Gasteiger partial charge on any atom is -0.444 e. The van der Waals surface area contributed by atoms with Gasteiger partial charge < -0.3 is 36.2 Å². The first kappa shape index (κ1) is 34.2. The molecule has 44 heavy (non-hydrogen) atoms. The number of carbonyl (C=O) groups is 5. The Morgan fingerprint density at radius 1 is 1.00 bits per heavy atom. The van der Waals surface area contributed by atoms with Crippen LogP contribution >= 0.6 is 0 Å². The maximum Gasteiger partial charge on any atom is 0.414 e. The van der Waals surface area contributed by atoms with Crippen molar-refractivity contribution < 1.29 is 38.9 Å². The molecule has 0 spiro atoms. The summed E-state index contributed by atoms with van der Waals surface area (Å²) < 4.78 is 5.00. The van der Waals surface area contributed by atoms with Crippen molar-refractivity contribution in [3.63, 3.8) is 0 Å². The molecule has 1 fully saturated rings. The molecule has 0 unspecified atom stereocenters. The van der Waals surface area contributed by atoms with Gasteiger partial charge in [-0.1, -0.05) is 60.7 Å². The fraction of sp³-hybridized carbons (Fsp3) is 0.452. The van der Waals surface area contributed by atoms with Crippen LogP contribution in [0, 0.1) is 0 Å². The SMILES string of the molecule is CC(C)(C)NC(=O)[C@@H]1[C@@H](O)CCN1C(=O)[C@@H](O)[C@H](Cc1ccccc1)NC(=O)[C@@H](N)CC(=O)NC(=O)OCc1ccccc1. The fourth-order valence-electron chi connectivity index (χ4n) is 4.74. The molecular weight excluding hydrogens is 570 g/mol. The van der Waals surface area contributed by atoms with Gasteiger partial charge in [-0.15, -0.1) is 0 Å². The number of ether oxygens (including phenoxy) is 1. The standard InChI is InChI=1S/C31H41N5O8/c1-31(2,3)35-28(41)25-23(37)14-15-36(25)29(42)26(39)22(16-19-10-6-4-7-11-19)33-27(40)21(32)17-24(38)34-30(43)44-18-20-12-8-5-9-13-20/h4-13,21-23,25-26,37,39H,14-18,32H2,1-3H3,(H,33,40)(H,35,41)(H,34,38,43)/t21-,22-,23-,25-,26-/m0/s1. The normalized spacial score (nSPS) is 18.5. The van der Waals surface area contributed by atoms with E-state index in [2.05, 4.69) is 10.6 Å². The Morgan fingerprint density at radius 3 is 2.18 bits per heavy atom. The first-order chi connectivity index (χ1) is 20.7. The number of hydrogen-bond donors (Lipinski definition) is 6. The minimum absolute atomic E-state index is 0.0134. The summed E-state index contributed by atoms with van der Waals surface area (Å²) in [4.78, 5) is 64.9. The second kappa shape index (κ2) is 15.4. The zero-order chi connectivity index (χ0) is 32.4. The zero-order valence-electron chi connectivity index (χ0n) is 25.1. The Morgan fingerprint density at radius 2 is 1.59 bits per heavy atom. The number of amides is 5. The number of aliphatic hydroxyl groups is 2. The summed E-state index contributed by atoms with van der Waals surface area (Å²) >= 11 is 0. The Balaban J connectivity index is 1.66. The smallest absolute Gasteiger partial charge is 0.414 e. The van der Waals surface area contributed by atoms with E-state index in [1.54, 1.807) is 81.4 Å². The summed E-state index contributed by atoms with van der Waals surface area (Å²) in [6.45, 7) is 5.24. The third kappa shape index (κ3) is 10.1. The van der Waals surface area contributed by atoms with Crippen LogP contribution in [0.25, 0.3) is 0 Å². The van der Waals surface area contributed by atoms with Gasteiger partial charge in [0.25, 0.3) is 5.91 Å². The van der Waals surface area contributed by atoms with Crippen molar-refractivity contribution in [1.82, 2.24) is 20.9 Å². The second-order valence-corrected chi connectivity index (χ2v) is 11.7. The van der Waals surface area contributed by atoms with Crippen molar-refractivity contribution in [2.75, 3.05) is 6.54 Å². The topological polar surface area (TPSA) is 200 Å². The highest BCUT2D eigenvalue weighted by Gasteiger charge is 2.45. The highest BCUT2D eigenvalue weighted by atomic mass is 16.5. The first-order valence-electron chi connectivity index (χ1n) is 14.3. The van der Waals surface area contributed by atoms with E-state index in [-0.39, 0.29) is 26.0 Å². The fourth-order valence-corrected chi connectivity index (χ4v) is 4.74. The molecule has 5 amide bonds. The van der Waals surface area contributed by atoms with Crippen molar-refractivity contribution in [2.24, 2.45) is 5.73 Å². The zero-order valence-corrected chi connectivity index (χ0v) is 25.1. The Kier molecular flexibility index (Phi) is 12.0. The molecule has 7 N–H and O–H groups in total. The molecule has 1 heterocycles. The molecule has 2 aromatic carbocycles. The Hall–Kier alpha value is -4.33. The largest absolute Gasteiger partial charge is 0.444 e. The van der Waals surface area contributed by atoms with Gasteiger partial charge in [0.15, 0.2) is 6.10 Å². The maximum atomic E-state index is 13.5. The lowest BCUT2D eigenvalue weighted by Crippen LogP contribution is -2.59. The summed E-state index contributed by atoms with van der Waals surface area (Å²) in [5.41, 5.74) is 6.72. The van der Waals surface area contributed by atoms with E-state index in [4.69, 9.17) is 10.5 Å². The van der Waals surface area contributed by atoms with E-state index in [1.807, 2.05) is 5.32 Å². The second-order valence-electron chi connectivity index (χ2n) is 11.7. The van der Waals surface area contributed by atoms with Gasteiger partial charge in [0, 0.05) is 12.1 Å². The lowest BCUT2D eigenvalue weighted by molar-refractivity contribution is -0.149. The molecule has 0 aromatic heterocycles. The molecule has 2 aromatic rings. The molecule has 0 saturated carbocycles. The monoisotopic (exact) mass is 611 g/mol. The van der Waals surface area contributed by atoms with Gasteiger partial charge >= 0.3 is 6.09 Å². The van der Waals surface area contributed by atoms with Gasteiger partial charge in [-0.25, -0.2) is 4.79 Å². The van der Waals surface area contributed by atoms with Gasteiger partial charge in [0.1, 0.15) is 12.6 Å². The summed E-state index contributed by atoms with van der Waals surface area (Å²) in [5, 5.41) is 29.0. The number of nitrogens with zero attached hydrogens (tertiary/aromatic N) is 1. The van der Waals surface area contributed by atoms with E-state index < -0.39 is 72.0 Å². The summed E-state index contributed by atoms with van der Waals surface area (Å²) in [6, 6.07) is 13.7. The number of benzene rings is 2. The van der Waals surface area contributed by atoms with Crippen LogP contribution in [-0.4, -0.2) is 87.3 Å². The predicted octanol–water partition coefficient (Wildman–Crippen LogP) is 0.122. The first-order valence-corrected chi connectivity index (χ1v) is 14.3. The number of rotatable bonds is 11. The number of imide groups is 1. The van der Waals surface area contributed by atoms with Gasteiger partial charge in [-0.3, -0.25) is 24.5 Å². The molecule has 13 heteroatoms. The molecule has 0 radical (unpaired) electrons. The van der Waals surface area contributed by atoms with Crippen molar-refractivity contribution in [2.45, 2.75) is 82.5 Å². The number of aliphatic hydroxyl groups excluding tert-OH is 2. The highest BCUT2D eigenvalue weighted by molar-refractivity contribution is 5.96. The average Bonchev–Trinajstić information content (AvgIpc) is 3.36. The van der Waals surface area contributed by atoms with Crippen molar-refractivity contribution in [3.8, 4) is 0 Å². The summed E-state index contributed by atoms with van der Waals surface area (Å²) in [5.74, 6) is -3.14. The number of nitrogens with one attached hydrogen (secondary N) is 3. The van der Waals surface area contributed by atoms with E-state index in [1.165, 1.54) is 0 Å². The van der Waals surface area contributed by atoms with E-state index in [0.717, 1.165) is 4.90 Å².